The molecule has 1 N–H and O–H groups in total. The molecule has 0 spiro atoms. The van der Waals surface area contributed by atoms with Crippen LogP contribution in [0.5, 0.6) is 0 Å². The lowest BCUT2D eigenvalue weighted by molar-refractivity contribution is 0.446. The quantitative estimate of drug-likeness (QED) is 0.876. The number of hydrogen-bond donors (Lipinski definition) is 1. The molecule has 1 unspecified atom stereocenters. The van der Waals surface area contributed by atoms with E-state index >= 15 is 0 Å². The Morgan fingerprint density at radius 2 is 2.11 bits per heavy atom. The number of aromatic nitrogens is 3. The SMILES string of the molecule is Cc1nc(C2CCCNC2)nn1-c1ccccc1. The Kier molecular flexibility index (Phi) is 3.11. The summed E-state index contributed by atoms with van der Waals surface area (Å²) in [5.41, 5.74) is 1.08. The lowest BCUT2D eigenvalue weighted by atomic mass is 9.99. The summed E-state index contributed by atoms with van der Waals surface area (Å²) in [5, 5.41) is 8.08. The molecule has 0 aliphatic carbocycles. The van der Waals surface area contributed by atoms with Crippen molar-refractivity contribution in [1.29, 1.82) is 0 Å². The van der Waals surface area contributed by atoms with Crippen LogP contribution in [-0.2, 0) is 0 Å². The molecular weight excluding hydrogens is 224 g/mol. The van der Waals surface area contributed by atoms with E-state index in [0.29, 0.717) is 5.92 Å². The van der Waals surface area contributed by atoms with Crippen molar-refractivity contribution < 1.29 is 0 Å². The molecule has 1 aliphatic heterocycles. The molecule has 1 aromatic carbocycles. The van der Waals surface area contributed by atoms with Gasteiger partial charge in [-0.05, 0) is 38.4 Å². The molecule has 1 fully saturated rings. The van der Waals surface area contributed by atoms with Crippen molar-refractivity contribution in [2.24, 2.45) is 0 Å². The fraction of sp³-hybridized carbons (Fsp3) is 0.429. The van der Waals surface area contributed by atoms with Gasteiger partial charge in [0.15, 0.2) is 5.82 Å². The smallest absolute Gasteiger partial charge is 0.155 e. The van der Waals surface area contributed by atoms with Gasteiger partial charge in [-0.3, -0.25) is 0 Å². The topological polar surface area (TPSA) is 42.7 Å². The highest BCUT2D eigenvalue weighted by molar-refractivity contribution is 5.31. The summed E-state index contributed by atoms with van der Waals surface area (Å²) < 4.78 is 1.93. The molecule has 0 bridgehead atoms. The largest absolute Gasteiger partial charge is 0.316 e. The number of aryl methyl sites for hydroxylation is 1. The minimum atomic E-state index is 0.461. The first-order valence-electron chi connectivity index (χ1n) is 6.54. The Hall–Kier alpha value is -1.68. The van der Waals surface area contributed by atoms with Gasteiger partial charge in [0.2, 0.25) is 0 Å². The maximum absolute atomic E-state index is 4.67. The second-order valence-corrected chi connectivity index (χ2v) is 4.81. The molecule has 1 saturated heterocycles. The summed E-state index contributed by atoms with van der Waals surface area (Å²) in [6.07, 6.45) is 2.40. The number of hydrogen-bond acceptors (Lipinski definition) is 3. The molecule has 94 valence electrons. The molecule has 4 heteroatoms. The third-order valence-electron chi connectivity index (χ3n) is 3.45. The number of nitrogens with zero attached hydrogens (tertiary/aromatic N) is 3. The van der Waals surface area contributed by atoms with Crippen LogP contribution < -0.4 is 5.32 Å². The fourth-order valence-electron chi connectivity index (χ4n) is 2.47. The van der Waals surface area contributed by atoms with Gasteiger partial charge in [0.1, 0.15) is 5.82 Å². The first kappa shape index (κ1) is 11.4. The summed E-state index contributed by atoms with van der Waals surface area (Å²) in [7, 11) is 0. The fourth-order valence-corrected chi connectivity index (χ4v) is 2.47. The number of nitrogens with one attached hydrogen (secondary N) is 1. The molecule has 4 nitrogen and oxygen atoms in total. The molecule has 0 amide bonds. The molecule has 2 heterocycles. The lowest BCUT2D eigenvalue weighted by Crippen LogP contribution is -2.29. The van der Waals surface area contributed by atoms with Gasteiger partial charge in [-0.25, -0.2) is 9.67 Å². The van der Waals surface area contributed by atoms with Gasteiger partial charge in [-0.2, -0.15) is 5.10 Å². The summed E-state index contributed by atoms with van der Waals surface area (Å²) in [6.45, 7) is 4.13. The zero-order valence-electron chi connectivity index (χ0n) is 10.6. The van der Waals surface area contributed by atoms with Gasteiger partial charge < -0.3 is 5.32 Å². The Morgan fingerprint density at radius 3 is 2.83 bits per heavy atom. The molecule has 0 radical (unpaired) electrons. The molecule has 1 atom stereocenters. The standard InChI is InChI=1S/C14H18N4/c1-11-16-14(12-6-5-9-15-10-12)17-18(11)13-7-3-2-4-8-13/h2-4,7-8,12,15H,5-6,9-10H2,1H3. The molecule has 3 rings (SSSR count). The number of para-hydroxylation sites is 1. The number of benzene rings is 1. The average Bonchev–Trinajstić information content (AvgIpc) is 2.83. The average molecular weight is 242 g/mol. The van der Waals surface area contributed by atoms with E-state index in [1.165, 1.54) is 12.8 Å². The maximum atomic E-state index is 4.67. The predicted octanol–water partition coefficient (Wildman–Crippen LogP) is 2.04. The van der Waals surface area contributed by atoms with E-state index in [1.54, 1.807) is 0 Å². The highest BCUT2D eigenvalue weighted by Crippen LogP contribution is 2.21. The van der Waals surface area contributed by atoms with Crippen molar-refractivity contribution in [1.82, 2.24) is 20.1 Å². The van der Waals surface area contributed by atoms with Crippen LogP contribution in [0.1, 0.15) is 30.4 Å². The summed E-state index contributed by atoms with van der Waals surface area (Å²) in [4.78, 5) is 4.62. The van der Waals surface area contributed by atoms with Crippen molar-refractivity contribution >= 4 is 0 Å². The molecular formula is C14H18N4. The van der Waals surface area contributed by atoms with E-state index in [1.807, 2.05) is 29.8 Å². The van der Waals surface area contributed by atoms with Gasteiger partial charge in [0.05, 0.1) is 5.69 Å². The highest BCUT2D eigenvalue weighted by Gasteiger charge is 2.20. The van der Waals surface area contributed by atoms with Crippen LogP contribution in [0.2, 0.25) is 0 Å². The second-order valence-electron chi connectivity index (χ2n) is 4.81. The second kappa shape index (κ2) is 4.90. The third kappa shape index (κ3) is 2.16. The van der Waals surface area contributed by atoms with Gasteiger partial charge in [0, 0.05) is 12.5 Å². The van der Waals surface area contributed by atoms with Gasteiger partial charge >= 0.3 is 0 Å². The van der Waals surface area contributed by atoms with Gasteiger partial charge in [0.25, 0.3) is 0 Å². The van der Waals surface area contributed by atoms with E-state index in [4.69, 9.17) is 0 Å². The first-order chi connectivity index (χ1) is 8.84. The Bertz CT molecular complexity index is 512. The monoisotopic (exact) mass is 242 g/mol. The normalized spacial score (nSPS) is 19.9. The van der Waals surface area contributed by atoms with Crippen molar-refractivity contribution in [3.05, 3.63) is 42.0 Å². The molecule has 2 aromatic rings. The first-order valence-corrected chi connectivity index (χ1v) is 6.54. The number of piperidine rings is 1. The molecule has 0 saturated carbocycles. The zero-order chi connectivity index (χ0) is 12.4. The van der Waals surface area contributed by atoms with Crippen LogP contribution in [0.4, 0.5) is 0 Å². The molecule has 1 aliphatic rings. The van der Waals surface area contributed by atoms with Crippen LogP contribution in [-0.4, -0.2) is 27.9 Å². The minimum absolute atomic E-state index is 0.461. The maximum Gasteiger partial charge on any atom is 0.155 e. The number of rotatable bonds is 2. The Balaban J connectivity index is 1.91. The predicted molar refractivity (Wildman–Crippen MR) is 70.9 cm³/mol. The third-order valence-corrected chi connectivity index (χ3v) is 3.45. The molecule has 18 heavy (non-hydrogen) atoms. The van der Waals surface area contributed by atoms with E-state index in [-0.39, 0.29) is 0 Å². The Morgan fingerprint density at radius 1 is 1.28 bits per heavy atom. The summed E-state index contributed by atoms with van der Waals surface area (Å²) >= 11 is 0. The van der Waals surface area contributed by atoms with Crippen molar-refractivity contribution in [3.63, 3.8) is 0 Å². The van der Waals surface area contributed by atoms with Crippen molar-refractivity contribution in [2.45, 2.75) is 25.7 Å². The van der Waals surface area contributed by atoms with E-state index < -0.39 is 0 Å². The Labute approximate surface area is 107 Å². The molecule has 1 aromatic heterocycles. The zero-order valence-corrected chi connectivity index (χ0v) is 10.6. The van der Waals surface area contributed by atoms with Crippen LogP contribution in [0.3, 0.4) is 0 Å². The van der Waals surface area contributed by atoms with Crippen LogP contribution in [0, 0.1) is 6.92 Å². The van der Waals surface area contributed by atoms with Crippen molar-refractivity contribution in [2.75, 3.05) is 13.1 Å². The highest BCUT2D eigenvalue weighted by atomic mass is 15.4. The summed E-state index contributed by atoms with van der Waals surface area (Å²) in [6, 6.07) is 10.2. The van der Waals surface area contributed by atoms with Gasteiger partial charge in [-0.1, -0.05) is 18.2 Å². The van der Waals surface area contributed by atoms with Gasteiger partial charge in [-0.15, -0.1) is 0 Å². The summed E-state index contributed by atoms with van der Waals surface area (Å²) in [5.74, 6) is 2.40. The lowest BCUT2D eigenvalue weighted by Gasteiger charge is -2.19. The van der Waals surface area contributed by atoms with E-state index in [2.05, 4.69) is 27.5 Å². The van der Waals surface area contributed by atoms with Crippen molar-refractivity contribution in [3.8, 4) is 5.69 Å². The van der Waals surface area contributed by atoms with Crippen LogP contribution >= 0.6 is 0 Å². The van der Waals surface area contributed by atoms with E-state index in [9.17, 15) is 0 Å². The van der Waals surface area contributed by atoms with Crippen LogP contribution in [0.25, 0.3) is 5.69 Å². The minimum Gasteiger partial charge on any atom is -0.316 e. The van der Waals surface area contributed by atoms with Crippen LogP contribution in [0.15, 0.2) is 30.3 Å². The van der Waals surface area contributed by atoms with E-state index in [0.717, 1.165) is 30.4 Å².